The first-order chi connectivity index (χ1) is 16.1. The number of alkyl halides is 3. The van der Waals surface area contributed by atoms with Crippen LogP contribution in [0.25, 0.3) is 22.2 Å². The molecule has 0 amide bonds. The van der Waals surface area contributed by atoms with Gasteiger partial charge in [-0.2, -0.15) is 4.98 Å². The summed E-state index contributed by atoms with van der Waals surface area (Å²) in [5.41, 5.74) is 2.43. The molecule has 34 heavy (non-hydrogen) atoms. The molecule has 1 saturated carbocycles. The highest BCUT2D eigenvalue weighted by Gasteiger charge is 2.35. The van der Waals surface area contributed by atoms with Crippen LogP contribution < -0.4 is 10.1 Å². The fraction of sp³-hybridized carbons (Fsp3) is 0.458. The molecule has 180 valence electrons. The quantitative estimate of drug-likeness (QED) is 0.510. The molecule has 7 nitrogen and oxygen atoms in total. The number of ketones is 1. The number of halogens is 3. The molecule has 1 aromatic carbocycles. The maximum Gasteiger partial charge on any atom is 0.522 e. The first kappa shape index (κ1) is 22.6. The van der Waals surface area contributed by atoms with Crippen molar-refractivity contribution in [3.8, 4) is 16.9 Å². The van der Waals surface area contributed by atoms with Crippen LogP contribution in [0.5, 0.6) is 5.75 Å². The van der Waals surface area contributed by atoms with Crippen LogP contribution in [0.15, 0.2) is 30.6 Å². The van der Waals surface area contributed by atoms with Crippen molar-refractivity contribution in [2.24, 2.45) is 0 Å². The van der Waals surface area contributed by atoms with Crippen LogP contribution in [0, 0.1) is 0 Å². The summed E-state index contributed by atoms with van der Waals surface area (Å²) in [4.78, 5) is 24.5. The van der Waals surface area contributed by atoms with Crippen molar-refractivity contribution in [2.45, 2.75) is 70.1 Å². The molecule has 5 rings (SSSR count). The molecule has 10 heteroatoms. The van der Waals surface area contributed by atoms with E-state index in [4.69, 9.17) is 4.74 Å². The summed E-state index contributed by atoms with van der Waals surface area (Å²) in [5, 5.41) is 4.04. The fourth-order valence-corrected chi connectivity index (χ4v) is 4.73. The van der Waals surface area contributed by atoms with Gasteiger partial charge in [-0.05, 0) is 57.2 Å². The number of H-pyrrole nitrogens is 1. The molecule has 1 aliphatic heterocycles. The number of hydrogen-bond donors (Lipinski definition) is 2. The van der Waals surface area contributed by atoms with E-state index in [9.17, 15) is 18.0 Å². The molecule has 0 saturated heterocycles. The summed E-state index contributed by atoms with van der Waals surface area (Å²) >= 11 is 0. The van der Waals surface area contributed by atoms with E-state index < -0.39 is 18.1 Å². The van der Waals surface area contributed by atoms with Crippen molar-refractivity contribution in [3.63, 3.8) is 0 Å². The van der Waals surface area contributed by atoms with Crippen molar-refractivity contribution in [2.75, 3.05) is 5.32 Å². The van der Waals surface area contributed by atoms with E-state index >= 15 is 0 Å². The van der Waals surface area contributed by atoms with Crippen molar-refractivity contribution >= 4 is 22.8 Å². The van der Waals surface area contributed by atoms with Gasteiger partial charge in [-0.15, -0.1) is 13.2 Å². The smallest absolute Gasteiger partial charge is 0.487 e. The molecule has 0 unspecified atom stereocenters. The Kier molecular flexibility index (Phi) is 5.50. The lowest BCUT2D eigenvalue weighted by molar-refractivity contribution is -0.345. The van der Waals surface area contributed by atoms with Gasteiger partial charge in [-0.25, -0.2) is 4.98 Å². The maximum absolute atomic E-state index is 12.4. The van der Waals surface area contributed by atoms with E-state index in [1.165, 1.54) is 0 Å². The number of fused-ring (bicyclic) bond motifs is 2. The van der Waals surface area contributed by atoms with Gasteiger partial charge in [0, 0.05) is 29.4 Å². The predicted octanol–water partition coefficient (Wildman–Crippen LogP) is 5.63. The van der Waals surface area contributed by atoms with Crippen molar-refractivity contribution < 1.29 is 27.4 Å². The Morgan fingerprint density at radius 1 is 1.18 bits per heavy atom. The van der Waals surface area contributed by atoms with Crippen LogP contribution in [0.3, 0.4) is 0 Å². The minimum Gasteiger partial charge on any atom is -0.487 e. The number of nitrogens with one attached hydrogen (secondary N) is 2. The van der Waals surface area contributed by atoms with Crippen LogP contribution in [0.4, 0.5) is 19.1 Å². The zero-order valence-corrected chi connectivity index (χ0v) is 18.8. The predicted molar refractivity (Wildman–Crippen MR) is 120 cm³/mol. The first-order valence-corrected chi connectivity index (χ1v) is 11.3. The second-order valence-corrected chi connectivity index (χ2v) is 9.51. The van der Waals surface area contributed by atoms with Gasteiger partial charge < -0.3 is 15.0 Å². The number of carbonyl (C=O) groups is 1. The Morgan fingerprint density at radius 2 is 1.94 bits per heavy atom. The molecule has 2 aliphatic rings. The minimum atomic E-state index is -4.60. The summed E-state index contributed by atoms with van der Waals surface area (Å²) < 4.78 is 47.4. The van der Waals surface area contributed by atoms with Crippen molar-refractivity contribution in [1.82, 2.24) is 15.0 Å². The normalized spacial score (nSPS) is 22.3. The summed E-state index contributed by atoms with van der Waals surface area (Å²) in [6.07, 6.45) is 0.231. The number of aromatic amines is 1. The number of ether oxygens (including phenoxy) is 2. The largest absolute Gasteiger partial charge is 0.522 e. The van der Waals surface area contributed by atoms with E-state index in [1.807, 2.05) is 32.2 Å². The van der Waals surface area contributed by atoms with Gasteiger partial charge in [-0.1, -0.05) is 6.07 Å². The first-order valence-electron chi connectivity index (χ1n) is 11.3. The number of rotatable bonds is 4. The molecule has 0 radical (unpaired) electrons. The van der Waals surface area contributed by atoms with Gasteiger partial charge in [0.25, 0.3) is 0 Å². The van der Waals surface area contributed by atoms with Crippen LogP contribution in [-0.2, 0) is 4.74 Å². The SMILES string of the molecule is CC1(C)CC(=O)c2ccc(-c3c[nH]c4nc(NC5CCC(OC(F)(F)F)CC5)ncc34)cc2O1. The second-order valence-electron chi connectivity index (χ2n) is 9.51. The molecule has 1 fully saturated rings. The van der Waals surface area contributed by atoms with Crippen molar-refractivity contribution in [1.29, 1.82) is 0 Å². The van der Waals surface area contributed by atoms with E-state index in [1.54, 1.807) is 12.3 Å². The van der Waals surface area contributed by atoms with E-state index in [2.05, 4.69) is 25.0 Å². The molecule has 0 atom stereocenters. The van der Waals surface area contributed by atoms with Crippen LogP contribution in [-0.4, -0.2) is 44.8 Å². The number of anilines is 1. The van der Waals surface area contributed by atoms with Crippen LogP contribution >= 0.6 is 0 Å². The topological polar surface area (TPSA) is 89.1 Å². The summed E-state index contributed by atoms with van der Waals surface area (Å²) in [5.74, 6) is 1.05. The molecular weight excluding hydrogens is 449 g/mol. The zero-order valence-electron chi connectivity index (χ0n) is 18.8. The fourth-order valence-electron chi connectivity index (χ4n) is 4.73. The Labute approximate surface area is 194 Å². The summed E-state index contributed by atoms with van der Waals surface area (Å²) in [6.45, 7) is 3.79. The standard InChI is InChI=1S/C24H25F3N4O3/c1-23(2)10-19(32)16-8-3-13(9-20(16)34-23)17-11-28-21-18(17)12-29-22(31-21)30-14-4-6-15(7-5-14)33-24(25,26)27/h3,8-9,11-12,14-15H,4-7,10H2,1-2H3,(H2,28,29,30,31). The second kappa shape index (κ2) is 8.26. The third kappa shape index (κ3) is 4.72. The Balaban J connectivity index is 1.31. The molecular formula is C24H25F3N4O3. The lowest BCUT2D eigenvalue weighted by Gasteiger charge is -2.31. The summed E-state index contributed by atoms with van der Waals surface area (Å²) in [7, 11) is 0. The number of aromatic nitrogens is 3. The Hall–Kier alpha value is -3.14. The average molecular weight is 474 g/mol. The van der Waals surface area contributed by atoms with Crippen LogP contribution in [0.1, 0.15) is 56.3 Å². The van der Waals surface area contributed by atoms with Gasteiger partial charge in [0.15, 0.2) is 5.78 Å². The number of carbonyl (C=O) groups excluding carboxylic acids is 1. The van der Waals surface area contributed by atoms with E-state index in [-0.39, 0.29) is 11.8 Å². The van der Waals surface area contributed by atoms with Crippen LogP contribution in [0.2, 0.25) is 0 Å². The highest BCUT2D eigenvalue weighted by Crippen LogP contribution is 2.38. The van der Waals surface area contributed by atoms with E-state index in [0.717, 1.165) is 16.5 Å². The third-order valence-electron chi connectivity index (χ3n) is 6.31. The lowest BCUT2D eigenvalue weighted by Crippen LogP contribution is -2.35. The summed E-state index contributed by atoms with van der Waals surface area (Å²) in [6, 6.07) is 5.52. The molecule has 0 spiro atoms. The Morgan fingerprint density at radius 3 is 2.68 bits per heavy atom. The Bertz CT molecular complexity index is 1230. The number of Topliss-reactive ketones (excluding diaryl/α,β-unsaturated/α-hetero) is 1. The molecule has 2 N–H and O–H groups in total. The molecule has 3 heterocycles. The third-order valence-corrected chi connectivity index (χ3v) is 6.31. The average Bonchev–Trinajstić information content (AvgIpc) is 3.16. The minimum absolute atomic E-state index is 0.0151. The number of nitrogens with zero attached hydrogens (tertiary/aromatic N) is 2. The van der Waals surface area contributed by atoms with Crippen molar-refractivity contribution in [3.05, 3.63) is 36.2 Å². The van der Waals surface area contributed by atoms with E-state index in [0.29, 0.717) is 55.0 Å². The lowest BCUT2D eigenvalue weighted by atomic mass is 9.91. The molecule has 3 aromatic rings. The van der Waals surface area contributed by atoms with Gasteiger partial charge in [0.1, 0.15) is 17.0 Å². The number of benzene rings is 1. The highest BCUT2D eigenvalue weighted by atomic mass is 19.4. The highest BCUT2D eigenvalue weighted by molar-refractivity contribution is 6.02. The van der Waals surface area contributed by atoms with Gasteiger partial charge in [0.05, 0.1) is 18.1 Å². The monoisotopic (exact) mass is 474 g/mol. The zero-order chi connectivity index (χ0) is 24.1. The van der Waals surface area contributed by atoms with Gasteiger partial charge in [0.2, 0.25) is 5.95 Å². The number of hydrogen-bond acceptors (Lipinski definition) is 6. The molecule has 0 bridgehead atoms. The molecule has 2 aromatic heterocycles. The van der Waals surface area contributed by atoms with Gasteiger partial charge in [-0.3, -0.25) is 9.53 Å². The molecule has 1 aliphatic carbocycles. The maximum atomic E-state index is 12.4. The van der Waals surface area contributed by atoms with Gasteiger partial charge >= 0.3 is 6.36 Å².